The highest BCUT2D eigenvalue weighted by atomic mass is 19.1. The summed E-state index contributed by atoms with van der Waals surface area (Å²) in [6, 6.07) is 4.54. The van der Waals surface area contributed by atoms with Crippen LogP contribution in [0.3, 0.4) is 0 Å². The fourth-order valence-corrected chi connectivity index (χ4v) is 0.990. The molecule has 1 aromatic carbocycles. The molecule has 0 aliphatic carbocycles. The molecule has 0 fully saturated rings. The molecule has 15 heavy (non-hydrogen) atoms. The third-order valence-corrected chi connectivity index (χ3v) is 1.94. The van der Waals surface area contributed by atoms with E-state index in [1.807, 2.05) is 6.92 Å². The van der Waals surface area contributed by atoms with E-state index < -0.39 is 5.82 Å². The maximum absolute atomic E-state index is 13.2. The molecule has 3 nitrogen and oxygen atoms in total. The molecule has 0 heterocycles. The zero-order valence-electron chi connectivity index (χ0n) is 9.08. The molecule has 0 radical (unpaired) electrons. The number of benzene rings is 1. The van der Waals surface area contributed by atoms with Crippen LogP contribution in [0.1, 0.15) is 5.56 Å². The second-order valence-corrected chi connectivity index (χ2v) is 3.51. The zero-order chi connectivity index (χ0) is 11.4. The second-order valence-electron chi connectivity index (χ2n) is 3.51. The average Bonchev–Trinajstić information content (AvgIpc) is 2.18. The van der Waals surface area contributed by atoms with Gasteiger partial charge in [0.15, 0.2) is 18.2 Å². The summed E-state index contributed by atoms with van der Waals surface area (Å²) < 4.78 is 18.2. The van der Waals surface area contributed by atoms with Gasteiger partial charge in [0, 0.05) is 14.1 Å². The van der Waals surface area contributed by atoms with Crippen LogP contribution in [-0.4, -0.2) is 31.5 Å². The molecule has 0 aliphatic heterocycles. The number of carbonyl (C=O) groups excluding carboxylic acids is 1. The van der Waals surface area contributed by atoms with Gasteiger partial charge < -0.3 is 9.64 Å². The fraction of sp³-hybridized carbons (Fsp3) is 0.364. The summed E-state index contributed by atoms with van der Waals surface area (Å²) in [6.45, 7) is 1.69. The van der Waals surface area contributed by atoms with Crippen molar-refractivity contribution in [1.29, 1.82) is 0 Å². The minimum Gasteiger partial charge on any atom is -0.481 e. The van der Waals surface area contributed by atoms with Crippen LogP contribution in [-0.2, 0) is 4.79 Å². The lowest BCUT2D eigenvalue weighted by atomic mass is 10.2. The molecule has 4 heteroatoms. The van der Waals surface area contributed by atoms with E-state index in [1.54, 1.807) is 26.2 Å². The fourth-order valence-electron chi connectivity index (χ4n) is 0.990. The van der Waals surface area contributed by atoms with E-state index in [0.717, 1.165) is 5.56 Å². The van der Waals surface area contributed by atoms with Gasteiger partial charge in [0.2, 0.25) is 0 Å². The van der Waals surface area contributed by atoms with E-state index in [4.69, 9.17) is 4.74 Å². The van der Waals surface area contributed by atoms with Crippen LogP contribution in [0.2, 0.25) is 0 Å². The number of hydrogen-bond donors (Lipinski definition) is 0. The Labute approximate surface area is 88.5 Å². The molecule has 0 N–H and O–H groups in total. The van der Waals surface area contributed by atoms with Gasteiger partial charge in [0.05, 0.1) is 0 Å². The first-order valence-corrected chi connectivity index (χ1v) is 4.60. The van der Waals surface area contributed by atoms with Gasteiger partial charge in [-0.15, -0.1) is 0 Å². The van der Waals surface area contributed by atoms with Crippen molar-refractivity contribution < 1.29 is 13.9 Å². The van der Waals surface area contributed by atoms with Crippen LogP contribution < -0.4 is 4.74 Å². The van der Waals surface area contributed by atoms with E-state index in [0.29, 0.717) is 0 Å². The molecule has 0 atom stereocenters. The van der Waals surface area contributed by atoms with Crippen molar-refractivity contribution in [2.75, 3.05) is 20.7 Å². The Hall–Kier alpha value is -1.58. The van der Waals surface area contributed by atoms with Crippen molar-refractivity contribution in [2.45, 2.75) is 6.92 Å². The number of hydrogen-bond acceptors (Lipinski definition) is 2. The molecule has 0 saturated carbocycles. The number of aryl methyl sites for hydroxylation is 1. The first-order valence-electron chi connectivity index (χ1n) is 4.60. The molecule has 1 aromatic rings. The van der Waals surface area contributed by atoms with Crippen LogP contribution in [0.4, 0.5) is 4.39 Å². The van der Waals surface area contributed by atoms with Gasteiger partial charge in [0.1, 0.15) is 0 Å². The van der Waals surface area contributed by atoms with Crippen molar-refractivity contribution in [3.05, 3.63) is 29.6 Å². The number of amides is 1. The highest BCUT2D eigenvalue weighted by molar-refractivity contribution is 5.77. The molecule has 0 spiro atoms. The Morgan fingerprint density at radius 3 is 2.73 bits per heavy atom. The molecule has 0 aromatic heterocycles. The number of rotatable bonds is 3. The summed E-state index contributed by atoms with van der Waals surface area (Å²) in [5, 5.41) is 0. The van der Waals surface area contributed by atoms with Crippen molar-refractivity contribution in [3.8, 4) is 5.75 Å². The first-order chi connectivity index (χ1) is 7.00. The lowest BCUT2D eigenvalue weighted by Gasteiger charge is -2.11. The predicted molar refractivity (Wildman–Crippen MR) is 55.3 cm³/mol. The summed E-state index contributed by atoms with van der Waals surface area (Å²) in [5.41, 5.74) is 0.892. The normalized spacial score (nSPS) is 9.87. The standard InChI is InChI=1S/C11H14FNO2/c1-8-4-5-9(12)10(6-8)15-7-11(14)13(2)3/h4-6H,7H2,1-3H3. The van der Waals surface area contributed by atoms with Gasteiger partial charge >= 0.3 is 0 Å². The van der Waals surface area contributed by atoms with Crippen LogP contribution in [0.5, 0.6) is 5.75 Å². The highest BCUT2D eigenvalue weighted by Gasteiger charge is 2.08. The molecule has 1 rings (SSSR count). The van der Waals surface area contributed by atoms with Gasteiger partial charge in [-0.1, -0.05) is 6.07 Å². The lowest BCUT2D eigenvalue weighted by molar-refractivity contribution is -0.130. The summed E-state index contributed by atoms with van der Waals surface area (Å²) in [6.07, 6.45) is 0. The summed E-state index contributed by atoms with van der Waals surface area (Å²) in [5.74, 6) is -0.534. The smallest absolute Gasteiger partial charge is 0.259 e. The predicted octanol–water partition coefficient (Wildman–Crippen LogP) is 1.60. The van der Waals surface area contributed by atoms with E-state index in [-0.39, 0.29) is 18.3 Å². The summed E-state index contributed by atoms with van der Waals surface area (Å²) in [7, 11) is 3.25. The van der Waals surface area contributed by atoms with Gasteiger partial charge in [-0.25, -0.2) is 4.39 Å². The molecular formula is C11H14FNO2. The Bertz CT molecular complexity index is 364. The quantitative estimate of drug-likeness (QED) is 0.760. The number of halogens is 1. The molecule has 0 aliphatic rings. The largest absolute Gasteiger partial charge is 0.481 e. The lowest BCUT2D eigenvalue weighted by Crippen LogP contribution is -2.27. The maximum Gasteiger partial charge on any atom is 0.259 e. The monoisotopic (exact) mass is 211 g/mol. The Balaban J connectivity index is 2.65. The van der Waals surface area contributed by atoms with E-state index in [9.17, 15) is 9.18 Å². The molecule has 1 amide bonds. The van der Waals surface area contributed by atoms with Crippen LogP contribution in [0, 0.1) is 12.7 Å². The van der Waals surface area contributed by atoms with Gasteiger partial charge in [-0.2, -0.15) is 0 Å². The Morgan fingerprint density at radius 1 is 1.47 bits per heavy atom. The van der Waals surface area contributed by atoms with E-state index >= 15 is 0 Å². The minimum absolute atomic E-state index is 0.116. The highest BCUT2D eigenvalue weighted by Crippen LogP contribution is 2.18. The number of ether oxygens (including phenoxy) is 1. The first kappa shape index (κ1) is 11.5. The molecule has 0 unspecified atom stereocenters. The Morgan fingerprint density at radius 2 is 2.13 bits per heavy atom. The third kappa shape index (κ3) is 3.23. The SMILES string of the molecule is Cc1ccc(F)c(OCC(=O)N(C)C)c1. The molecule has 0 saturated heterocycles. The van der Waals surface area contributed by atoms with Crippen LogP contribution >= 0.6 is 0 Å². The second kappa shape index (κ2) is 4.77. The molecule has 0 bridgehead atoms. The maximum atomic E-state index is 13.2. The van der Waals surface area contributed by atoms with Crippen molar-refractivity contribution in [3.63, 3.8) is 0 Å². The zero-order valence-corrected chi connectivity index (χ0v) is 9.08. The summed E-state index contributed by atoms with van der Waals surface area (Å²) in [4.78, 5) is 12.6. The third-order valence-electron chi connectivity index (χ3n) is 1.94. The van der Waals surface area contributed by atoms with Crippen molar-refractivity contribution in [1.82, 2.24) is 4.90 Å². The Kier molecular flexibility index (Phi) is 3.66. The minimum atomic E-state index is -0.452. The molecule has 82 valence electrons. The number of carbonyl (C=O) groups is 1. The number of nitrogens with zero attached hydrogens (tertiary/aromatic N) is 1. The average molecular weight is 211 g/mol. The van der Waals surface area contributed by atoms with Crippen molar-refractivity contribution in [2.24, 2.45) is 0 Å². The van der Waals surface area contributed by atoms with Gasteiger partial charge in [-0.05, 0) is 24.6 Å². The summed E-state index contributed by atoms with van der Waals surface area (Å²) >= 11 is 0. The van der Waals surface area contributed by atoms with Crippen LogP contribution in [0.25, 0.3) is 0 Å². The molecular weight excluding hydrogens is 197 g/mol. The number of likely N-dealkylation sites (N-methyl/N-ethyl adjacent to an activating group) is 1. The topological polar surface area (TPSA) is 29.5 Å². The van der Waals surface area contributed by atoms with Crippen LogP contribution in [0.15, 0.2) is 18.2 Å². The van der Waals surface area contributed by atoms with Crippen molar-refractivity contribution >= 4 is 5.91 Å². The van der Waals surface area contributed by atoms with Gasteiger partial charge in [-0.3, -0.25) is 4.79 Å². The van der Waals surface area contributed by atoms with Gasteiger partial charge in [0.25, 0.3) is 5.91 Å². The van der Waals surface area contributed by atoms with E-state index in [2.05, 4.69) is 0 Å². The van der Waals surface area contributed by atoms with E-state index in [1.165, 1.54) is 11.0 Å².